The molecule has 1 aliphatic rings. The maximum Gasteiger partial charge on any atom is 0.118 e. The molecule has 4 aromatic carbocycles. The minimum absolute atomic E-state index is 0.650. The van der Waals surface area contributed by atoms with Crippen LogP contribution in [-0.2, 0) is 0 Å². The molecule has 0 fully saturated rings. The first-order valence-electron chi connectivity index (χ1n) is 8.65. The molecule has 0 spiro atoms. The highest BCUT2D eigenvalue weighted by atomic mass is 16.4. The Morgan fingerprint density at radius 3 is 2.27 bits per heavy atom. The molecule has 0 saturated carbocycles. The summed E-state index contributed by atoms with van der Waals surface area (Å²) in [6.07, 6.45) is 0. The van der Waals surface area contributed by atoms with Gasteiger partial charge in [0.2, 0.25) is 0 Å². The number of hydrogen-bond donors (Lipinski definition) is 2. The van der Waals surface area contributed by atoms with E-state index in [0.717, 1.165) is 33.3 Å². The molecule has 5 aromatic rings. The molecule has 1 aliphatic carbocycles. The average Bonchev–Trinajstić information content (AvgIpc) is 3.23. The van der Waals surface area contributed by atoms with Gasteiger partial charge >= 0.3 is 0 Å². The molecule has 0 bridgehead atoms. The van der Waals surface area contributed by atoms with E-state index in [1.165, 1.54) is 21.5 Å². The van der Waals surface area contributed by atoms with Gasteiger partial charge in [0.1, 0.15) is 5.71 Å². The van der Waals surface area contributed by atoms with E-state index in [1.807, 2.05) is 18.2 Å². The third-order valence-corrected chi connectivity index (χ3v) is 5.47. The summed E-state index contributed by atoms with van der Waals surface area (Å²) < 4.78 is 0. The Morgan fingerprint density at radius 2 is 1.38 bits per heavy atom. The van der Waals surface area contributed by atoms with Gasteiger partial charge in [0, 0.05) is 32.9 Å². The number of H-pyrrole nitrogens is 1. The summed E-state index contributed by atoms with van der Waals surface area (Å²) >= 11 is 0. The number of fused-ring (bicyclic) bond motifs is 9. The Labute approximate surface area is 149 Å². The first-order valence-corrected chi connectivity index (χ1v) is 8.65. The fraction of sp³-hybridized carbons (Fsp3) is 0. The number of aromatic nitrogens is 1. The molecule has 1 aromatic heterocycles. The highest BCUT2D eigenvalue weighted by Gasteiger charge is 2.27. The molecule has 0 unspecified atom stereocenters. The van der Waals surface area contributed by atoms with Crippen molar-refractivity contribution in [2.45, 2.75) is 0 Å². The van der Waals surface area contributed by atoms with Crippen molar-refractivity contribution in [2.24, 2.45) is 5.16 Å². The molecule has 0 atom stereocenters. The zero-order chi connectivity index (χ0) is 17.3. The highest BCUT2D eigenvalue weighted by molar-refractivity contribution is 6.31. The van der Waals surface area contributed by atoms with Gasteiger partial charge in [0.25, 0.3) is 0 Å². The summed E-state index contributed by atoms with van der Waals surface area (Å²) in [7, 11) is 0. The number of rotatable bonds is 0. The maximum atomic E-state index is 9.59. The predicted octanol–water partition coefficient (Wildman–Crippen LogP) is 5.68. The van der Waals surface area contributed by atoms with E-state index in [9.17, 15) is 5.21 Å². The van der Waals surface area contributed by atoms with Crippen molar-refractivity contribution < 1.29 is 5.21 Å². The first kappa shape index (κ1) is 13.7. The number of para-hydroxylation sites is 1. The van der Waals surface area contributed by atoms with Crippen molar-refractivity contribution in [2.75, 3.05) is 0 Å². The largest absolute Gasteiger partial charge is 0.410 e. The number of aromatic amines is 1. The van der Waals surface area contributed by atoms with E-state index in [4.69, 9.17) is 0 Å². The molecule has 0 aliphatic heterocycles. The molecule has 3 heteroatoms. The van der Waals surface area contributed by atoms with E-state index < -0.39 is 0 Å². The van der Waals surface area contributed by atoms with Crippen LogP contribution in [0.15, 0.2) is 78.0 Å². The molecule has 1 heterocycles. The van der Waals surface area contributed by atoms with Crippen LogP contribution in [0.4, 0.5) is 0 Å². The zero-order valence-corrected chi connectivity index (χ0v) is 13.8. The molecule has 122 valence electrons. The third-order valence-electron chi connectivity index (χ3n) is 5.47. The topological polar surface area (TPSA) is 48.4 Å². The van der Waals surface area contributed by atoms with E-state index >= 15 is 0 Å². The van der Waals surface area contributed by atoms with Gasteiger partial charge in [-0.2, -0.15) is 0 Å². The van der Waals surface area contributed by atoms with Crippen molar-refractivity contribution in [1.82, 2.24) is 4.98 Å². The first-order chi connectivity index (χ1) is 12.9. The highest BCUT2D eigenvalue weighted by Crippen LogP contribution is 2.44. The lowest BCUT2D eigenvalue weighted by atomic mass is 9.95. The van der Waals surface area contributed by atoms with Gasteiger partial charge in [-0.25, -0.2) is 0 Å². The normalized spacial score (nSPS) is 14.4. The molecule has 0 amide bonds. The predicted molar refractivity (Wildman–Crippen MR) is 106 cm³/mol. The van der Waals surface area contributed by atoms with Gasteiger partial charge in [-0.3, -0.25) is 0 Å². The van der Waals surface area contributed by atoms with Crippen LogP contribution in [-0.4, -0.2) is 15.9 Å². The number of nitrogens with one attached hydrogen (secondary N) is 1. The summed E-state index contributed by atoms with van der Waals surface area (Å²) in [6, 6.07) is 25.1. The average molecular weight is 334 g/mol. The van der Waals surface area contributed by atoms with Crippen molar-refractivity contribution in [3.8, 4) is 11.1 Å². The van der Waals surface area contributed by atoms with E-state index in [2.05, 4.69) is 64.7 Å². The molecule has 2 N–H and O–H groups in total. The second-order valence-corrected chi connectivity index (χ2v) is 6.74. The molecule has 0 radical (unpaired) electrons. The second kappa shape index (κ2) is 4.73. The van der Waals surface area contributed by atoms with Crippen LogP contribution in [0.1, 0.15) is 11.1 Å². The summed E-state index contributed by atoms with van der Waals surface area (Å²) in [5.74, 6) is 0. The third kappa shape index (κ3) is 1.55. The molecule has 26 heavy (non-hydrogen) atoms. The van der Waals surface area contributed by atoms with Gasteiger partial charge < -0.3 is 10.2 Å². The Morgan fingerprint density at radius 1 is 0.615 bits per heavy atom. The summed E-state index contributed by atoms with van der Waals surface area (Å²) in [6.45, 7) is 0. The zero-order valence-electron chi connectivity index (χ0n) is 13.8. The fourth-order valence-electron chi connectivity index (χ4n) is 4.40. The number of nitrogens with zero attached hydrogens (tertiary/aromatic N) is 1. The Balaban J connectivity index is 1.84. The van der Waals surface area contributed by atoms with Crippen molar-refractivity contribution in [1.29, 1.82) is 0 Å². The lowest BCUT2D eigenvalue weighted by molar-refractivity contribution is 0.320. The lowest BCUT2D eigenvalue weighted by Gasteiger charge is -2.08. The van der Waals surface area contributed by atoms with Crippen LogP contribution in [0.5, 0.6) is 0 Å². The summed E-state index contributed by atoms with van der Waals surface area (Å²) in [5, 5.41) is 18.1. The van der Waals surface area contributed by atoms with Crippen LogP contribution >= 0.6 is 0 Å². The standard InChI is InChI=1S/C23H14N2O/c26-25-23-16-6-2-1-5-13(16)21-14-11-12-20-22(15(14)9-10-18(21)23)17-7-3-4-8-19(17)24-20/h1-12,24,26H/b25-23+. The van der Waals surface area contributed by atoms with Crippen LogP contribution in [0.25, 0.3) is 43.7 Å². The monoisotopic (exact) mass is 334 g/mol. The van der Waals surface area contributed by atoms with Gasteiger partial charge in [-0.05, 0) is 34.0 Å². The van der Waals surface area contributed by atoms with Gasteiger partial charge in [-0.1, -0.05) is 65.8 Å². The van der Waals surface area contributed by atoms with Crippen molar-refractivity contribution in [3.05, 3.63) is 83.9 Å². The number of oxime groups is 1. The SMILES string of the molecule is O/N=C1\c2ccccc2-c2c1ccc1c2ccc2[nH]c3ccccc3c21. The smallest absolute Gasteiger partial charge is 0.118 e. The van der Waals surface area contributed by atoms with E-state index in [0.29, 0.717) is 5.71 Å². The van der Waals surface area contributed by atoms with E-state index in [-0.39, 0.29) is 0 Å². The lowest BCUT2D eigenvalue weighted by Crippen LogP contribution is -1.97. The molecule has 3 nitrogen and oxygen atoms in total. The van der Waals surface area contributed by atoms with E-state index in [1.54, 1.807) is 0 Å². The van der Waals surface area contributed by atoms with Crippen molar-refractivity contribution in [3.63, 3.8) is 0 Å². The Kier molecular flexibility index (Phi) is 2.49. The second-order valence-electron chi connectivity index (χ2n) is 6.74. The summed E-state index contributed by atoms with van der Waals surface area (Å²) in [5.41, 5.74) is 7.18. The molecule has 0 saturated heterocycles. The molecule has 6 rings (SSSR count). The number of hydrogen-bond acceptors (Lipinski definition) is 2. The maximum absolute atomic E-state index is 9.59. The van der Waals surface area contributed by atoms with Crippen LogP contribution in [0.3, 0.4) is 0 Å². The molecular weight excluding hydrogens is 320 g/mol. The van der Waals surface area contributed by atoms with Crippen molar-refractivity contribution >= 4 is 38.3 Å². The quantitative estimate of drug-likeness (QED) is 0.272. The fourth-order valence-corrected chi connectivity index (χ4v) is 4.40. The van der Waals surface area contributed by atoms with Gasteiger partial charge in [0.15, 0.2) is 0 Å². The van der Waals surface area contributed by atoms with Gasteiger partial charge in [-0.15, -0.1) is 0 Å². The number of benzene rings is 4. The van der Waals surface area contributed by atoms with Crippen LogP contribution < -0.4 is 0 Å². The Bertz CT molecular complexity index is 1390. The summed E-state index contributed by atoms with van der Waals surface area (Å²) in [4.78, 5) is 3.51. The minimum Gasteiger partial charge on any atom is -0.410 e. The van der Waals surface area contributed by atoms with Crippen LogP contribution in [0.2, 0.25) is 0 Å². The van der Waals surface area contributed by atoms with Gasteiger partial charge in [0.05, 0.1) is 0 Å². The molecular formula is C23H14N2O. The Hall–Kier alpha value is -3.59. The van der Waals surface area contributed by atoms with Crippen LogP contribution in [0, 0.1) is 0 Å². The minimum atomic E-state index is 0.650.